The van der Waals surface area contributed by atoms with E-state index >= 15 is 0 Å². The molecule has 1 aliphatic rings. The van der Waals surface area contributed by atoms with Gasteiger partial charge >= 0.3 is 6.18 Å². The largest absolute Gasteiger partial charge is 0.397 e. The van der Waals surface area contributed by atoms with Gasteiger partial charge in [0.1, 0.15) is 5.69 Å². The summed E-state index contributed by atoms with van der Waals surface area (Å²) in [5, 5.41) is 6.08. The monoisotopic (exact) mass is 480 g/mol. The van der Waals surface area contributed by atoms with Gasteiger partial charge < -0.3 is 5.32 Å². The Labute approximate surface area is 180 Å². The number of anilines is 1. The van der Waals surface area contributed by atoms with E-state index in [1.165, 1.54) is 13.0 Å². The lowest BCUT2D eigenvalue weighted by molar-refractivity contribution is -0.147. The number of amides is 1. The molecule has 0 aliphatic heterocycles. The number of alkyl halides is 5. The van der Waals surface area contributed by atoms with Gasteiger partial charge in [-0.15, -0.1) is 0 Å². The average Bonchev–Trinajstić information content (AvgIpc) is 2.94. The molecule has 3 rings (SSSR count). The first-order valence-electron chi connectivity index (χ1n) is 9.58. The summed E-state index contributed by atoms with van der Waals surface area (Å²) in [6.45, 7) is 2.06. The first kappa shape index (κ1) is 24.1. The topological polar surface area (TPSA) is 93.9 Å². The number of carbonyl (C=O) groups is 1. The third-order valence-corrected chi connectivity index (χ3v) is 6.30. The molecule has 2 aromatic rings. The second-order valence-electron chi connectivity index (χ2n) is 8.04. The molecule has 1 saturated carbocycles. The summed E-state index contributed by atoms with van der Waals surface area (Å²) in [6.07, 6.45) is -3.42. The lowest BCUT2D eigenvalue weighted by Gasteiger charge is -2.35. The molecule has 1 unspecified atom stereocenters. The highest BCUT2D eigenvalue weighted by Gasteiger charge is 2.46. The van der Waals surface area contributed by atoms with Crippen molar-refractivity contribution in [2.45, 2.75) is 56.3 Å². The summed E-state index contributed by atoms with van der Waals surface area (Å²) in [5.74, 6) is -6.19. The van der Waals surface area contributed by atoms with Crippen molar-refractivity contribution >= 4 is 21.4 Å². The Balaban J connectivity index is 1.96. The van der Waals surface area contributed by atoms with E-state index in [2.05, 4.69) is 15.4 Å². The van der Waals surface area contributed by atoms with E-state index in [9.17, 15) is 35.2 Å². The van der Waals surface area contributed by atoms with Crippen molar-refractivity contribution in [1.29, 1.82) is 0 Å². The number of pyridine rings is 1. The summed E-state index contributed by atoms with van der Waals surface area (Å²) in [5.41, 5.74) is -0.557. The van der Waals surface area contributed by atoms with Crippen LogP contribution in [0.3, 0.4) is 0 Å². The lowest BCUT2D eigenvalue weighted by atomic mass is 9.81. The number of hydrogen-bond acceptors (Lipinski definition) is 5. The third kappa shape index (κ3) is 5.08. The molecule has 0 spiro atoms. The van der Waals surface area contributed by atoms with Crippen molar-refractivity contribution in [3.63, 3.8) is 0 Å². The highest BCUT2D eigenvalue weighted by atomic mass is 32.2. The molecule has 0 bridgehead atoms. The van der Waals surface area contributed by atoms with Gasteiger partial charge in [-0.2, -0.15) is 18.3 Å². The Bertz CT molecular complexity index is 1140. The van der Waals surface area contributed by atoms with E-state index in [0.29, 0.717) is 0 Å². The smallest absolute Gasteiger partial charge is 0.321 e. The number of sulfone groups is 1. The predicted octanol–water partition coefficient (Wildman–Crippen LogP) is 3.95. The average molecular weight is 480 g/mol. The Morgan fingerprint density at radius 3 is 2.50 bits per heavy atom. The zero-order chi connectivity index (χ0) is 24.1. The van der Waals surface area contributed by atoms with E-state index in [1.807, 2.05) is 0 Å². The fraction of sp³-hybridized carbons (Fsp3) is 0.526. The second-order valence-corrected chi connectivity index (χ2v) is 10.0. The third-order valence-electron chi connectivity index (χ3n) is 5.32. The molecule has 1 aliphatic carbocycles. The Morgan fingerprint density at radius 1 is 1.34 bits per heavy atom. The maximum atomic E-state index is 13.3. The molecule has 1 fully saturated rings. The van der Waals surface area contributed by atoms with Crippen molar-refractivity contribution < 1.29 is 35.2 Å². The fourth-order valence-electron chi connectivity index (χ4n) is 3.59. The van der Waals surface area contributed by atoms with Crippen LogP contribution in [0.4, 0.5) is 27.6 Å². The highest BCUT2D eigenvalue weighted by molar-refractivity contribution is 7.90. The molecule has 32 heavy (non-hydrogen) atoms. The molecule has 2 heterocycles. The zero-order valence-corrected chi connectivity index (χ0v) is 18.2. The van der Waals surface area contributed by atoms with Gasteiger partial charge in [-0.3, -0.25) is 9.48 Å². The van der Waals surface area contributed by atoms with Gasteiger partial charge in [-0.1, -0.05) is 0 Å². The molecule has 1 N–H and O–H groups in total. The van der Waals surface area contributed by atoms with Crippen LogP contribution in [0.15, 0.2) is 23.4 Å². The molecule has 0 radical (unpaired) electrons. The minimum Gasteiger partial charge on any atom is -0.321 e. The van der Waals surface area contributed by atoms with Crippen molar-refractivity contribution in [2.75, 3.05) is 11.6 Å². The normalized spacial score (nSPS) is 17.6. The van der Waals surface area contributed by atoms with Gasteiger partial charge in [0, 0.05) is 43.1 Å². The van der Waals surface area contributed by atoms with Crippen LogP contribution in [-0.4, -0.2) is 47.4 Å². The Hall–Kier alpha value is -2.57. The van der Waals surface area contributed by atoms with Gasteiger partial charge in [0.05, 0.1) is 11.6 Å². The Morgan fingerprint density at radius 2 is 1.97 bits per heavy atom. The SMILES string of the molecule is Cc1c(C(C)C(F)(F)F)nn(CC2CC(F)(F)C2)c1C(=O)Nc1ccnc(S(C)(=O)=O)c1. The molecule has 7 nitrogen and oxygen atoms in total. The van der Waals surface area contributed by atoms with E-state index in [0.717, 1.165) is 30.1 Å². The zero-order valence-electron chi connectivity index (χ0n) is 17.4. The minimum atomic E-state index is -4.61. The molecule has 2 aromatic heterocycles. The molecule has 176 valence electrons. The number of aromatic nitrogens is 3. The summed E-state index contributed by atoms with van der Waals surface area (Å²) < 4.78 is 90.7. The second kappa shape index (κ2) is 8.09. The van der Waals surface area contributed by atoms with Gasteiger partial charge in [0.2, 0.25) is 5.92 Å². The number of rotatable bonds is 6. The van der Waals surface area contributed by atoms with Crippen molar-refractivity contribution in [3.05, 3.63) is 35.3 Å². The summed E-state index contributed by atoms with van der Waals surface area (Å²) in [6, 6.07) is 2.42. The maximum absolute atomic E-state index is 13.3. The van der Waals surface area contributed by atoms with Crippen molar-refractivity contribution in [1.82, 2.24) is 14.8 Å². The Kier molecular flexibility index (Phi) is 6.09. The van der Waals surface area contributed by atoms with Gasteiger partial charge in [0.15, 0.2) is 14.9 Å². The van der Waals surface area contributed by atoms with Crippen LogP contribution in [0, 0.1) is 12.8 Å². The minimum absolute atomic E-state index is 0.0317. The number of carbonyl (C=O) groups excluding carboxylic acids is 1. The number of hydrogen-bond donors (Lipinski definition) is 1. The van der Waals surface area contributed by atoms with Crippen LogP contribution in [0.5, 0.6) is 0 Å². The summed E-state index contributed by atoms with van der Waals surface area (Å²) in [7, 11) is -3.66. The van der Waals surface area contributed by atoms with Gasteiger partial charge in [-0.25, -0.2) is 22.2 Å². The van der Waals surface area contributed by atoms with Crippen LogP contribution in [-0.2, 0) is 16.4 Å². The van der Waals surface area contributed by atoms with E-state index < -0.39 is 52.5 Å². The van der Waals surface area contributed by atoms with E-state index in [1.54, 1.807) is 0 Å². The molecule has 1 atom stereocenters. The maximum Gasteiger partial charge on any atom is 0.397 e. The van der Waals surface area contributed by atoms with Crippen LogP contribution in [0.1, 0.15) is 47.4 Å². The number of halogens is 5. The van der Waals surface area contributed by atoms with E-state index in [-0.39, 0.29) is 34.2 Å². The van der Waals surface area contributed by atoms with Gasteiger partial charge in [0.25, 0.3) is 5.91 Å². The quantitative estimate of drug-likeness (QED) is 0.632. The molecule has 13 heteroatoms. The highest BCUT2D eigenvalue weighted by Crippen LogP contribution is 2.43. The van der Waals surface area contributed by atoms with Crippen molar-refractivity contribution in [3.8, 4) is 0 Å². The van der Waals surface area contributed by atoms with E-state index in [4.69, 9.17) is 0 Å². The first-order valence-corrected chi connectivity index (χ1v) is 11.5. The van der Waals surface area contributed by atoms with Crippen LogP contribution < -0.4 is 5.32 Å². The number of nitrogens with zero attached hydrogens (tertiary/aromatic N) is 3. The predicted molar refractivity (Wildman–Crippen MR) is 104 cm³/mol. The fourth-order valence-corrected chi connectivity index (χ4v) is 4.19. The summed E-state index contributed by atoms with van der Waals surface area (Å²) in [4.78, 5) is 16.6. The van der Waals surface area contributed by atoms with Crippen LogP contribution in [0.2, 0.25) is 0 Å². The molecular formula is C19H21F5N4O3S. The number of nitrogens with one attached hydrogen (secondary N) is 1. The standard InChI is InChI=1S/C19H21F5N4O3S/c1-10-15(11(2)19(22,23)24)27-28(9-12-7-18(20,21)8-12)16(10)17(29)26-13-4-5-25-14(6-13)32(3,30)31/h4-6,11-12H,7-9H2,1-3H3,(H,25,26,29). The molecule has 0 saturated heterocycles. The van der Waals surface area contributed by atoms with Crippen molar-refractivity contribution in [2.24, 2.45) is 5.92 Å². The van der Waals surface area contributed by atoms with Crippen LogP contribution >= 0.6 is 0 Å². The van der Waals surface area contributed by atoms with Crippen LogP contribution in [0.25, 0.3) is 0 Å². The molecular weight excluding hydrogens is 459 g/mol. The lowest BCUT2D eigenvalue weighted by Crippen LogP contribution is -2.38. The van der Waals surface area contributed by atoms with Gasteiger partial charge in [-0.05, 0) is 31.9 Å². The molecule has 1 amide bonds. The summed E-state index contributed by atoms with van der Waals surface area (Å²) >= 11 is 0. The molecule has 0 aromatic carbocycles. The first-order chi connectivity index (χ1) is 14.6.